The van der Waals surface area contributed by atoms with Crippen LogP contribution in [-0.4, -0.2) is 5.78 Å². The number of hydrogen-bond donors (Lipinski definition) is 0. The van der Waals surface area contributed by atoms with Gasteiger partial charge in [0.2, 0.25) is 0 Å². The highest BCUT2D eigenvalue weighted by molar-refractivity contribution is 5.85. The van der Waals surface area contributed by atoms with Gasteiger partial charge in [0.05, 0.1) is 0 Å². The van der Waals surface area contributed by atoms with Gasteiger partial charge in [0, 0.05) is 11.8 Å². The maximum atomic E-state index is 12.9. The smallest absolute Gasteiger partial charge is 0.139 e. The summed E-state index contributed by atoms with van der Waals surface area (Å²) < 4.78 is 0. The number of rotatable bonds is 7. The summed E-state index contributed by atoms with van der Waals surface area (Å²) in [6.07, 6.45) is 14.1. The van der Waals surface area contributed by atoms with Crippen molar-refractivity contribution in [2.75, 3.05) is 0 Å². The lowest BCUT2D eigenvalue weighted by molar-refractivity contribution is -0.146. The van der Waals surface area contributed by atoms with Gasteiger partial charge in [-0.1, -0.05) is 67.2 Å². The van der Waals surface area contributed by atoms with E-state index >= 15 is 0 Å². The van der Waals surface area contributed by atoms with Crippen molar-refractivity contribution in [1.29, 1.82) is 0 Å². The molecule has 0 aromatic heterocycles. The zero-order valence-electron chi connectivity index (χ0n) is 19.2. The Hall–Kier alpha value is -0.330. The van der Waals surface area contributed by atoms with E-state index in [2.05, 4.69) is 41.5 Å². The molecule has 3 saturated carbocycles. The highest BCUT2D eigenvalue weighted by atomic mass is 16.1. The average molecular weight is 375 g/mol. The first-order valence-corrected chi connectivity index (χ1v) is 12.3. The fraction of sp³-hybridized carbons (Fsp3) is 0.962. The number of ketones is 1. The molecule has 7 atom stereocenters. The van der Waals surface area contributed by atoms with Crippen molar-refractivity contribution < 1.29 is 4.79 Å². The largest absolute Gasteiger partial charge is 0.299 e. The Bertz CT molecular complexity index is 522. The number of fused-ring (bicyclic) bond motifs is 3. The van der Waals surface area contributed by atoms with Crippen molar-refractivity contribution in [3.8, 4) is 0 Å². The second-order valence-electron chi connectivity index (χ2n) is 11.5. The second-order valence-corrected chi connectivity index (χ2v) is 11.5. The molecule has 3 aliphatic rings. The predicted molar refractivity (Wildman–Crippen MR) is 116 cm³/mol. The lowest BCUT2D eigenvalue weighted by Gasteiger charge is -2.56. The molecule has 3 rings (SSSR count). The molecule has 0 bridgehead atoms. The zero-order chi connectivity index (χ0) is 19.8. The van der Waals surface area contributed by atoms with Crippen molar-refractivity contribution in [3.05, 3.63) is 0 Å². The van der Waals surface area contributed by atoms with Crippen molar-refractivity contribution in [2.45, 2.75) is 112 Å². The van der Waals surface area contributed by atoms with Gasteiger partial charge in [0.1, 0.15) is 5.78 Å². The van der Waals surface area contributed by atoms with Gasteiger partial charge in [-0.2, -0.15) is 0 Å². The first-order valence-electron chi connectivity index (χ1n) is 12.3. The highest BCUT2D eigenvalue weighted by Gasteiger charge is 2.59. The van der Waals surface area contributed by atoms with E-state index in [1.807, 2.05) is 0 Å². The molecule has 0 amide bonds. The molecule has 1 nitrogen and oxygen atoms in total. The quantitative estimate of drug-likeness (QED) is 0.446. The van der Waals surface area contributed by atoms with Gasteiger partial charge >= 0.3 is 0 Å². The Balaban J connectivity index is 1.73. The molecular weight excluding hydrogens is 328 g/mol. The monoisotopic (exact) mass is 374 g/mol. The van der Waals surface area contributed by atoms with E-state index in [1.165, 1.54) is 51.4 Å². The molecule has 0 spiro atoms. The Labute approximate surface area is 169 Å². The summed E-state index contributed by atoms with van der Waals surface area (Å²) >= 11 is 0. The van der Waals surface area contributed by atoms with Crippen LogP contribution in [0.1, 0.15) is 112 Å². The van der Waals surface area contributed by atoms with E-state index in [-0.39, 0.29) is 5.41 Å². The van der Waals surface area contributed by atoms with Gasteiger partial charge in [-0.25, -0.2) is 0 Å². The minimum atomic E-state index is -0.0139. The molecule has 0 aliphatic heterocycles. The van der Waals surface area contributed by atoms with E-state index in [0.29, 0.717) is 17.1 Å². The van der Waals surface area contributed by atoms with Crippen molar-refractivity contribution in [3.63, 3.8) is 0 Å². The molecule has 0 radical (unpaired) electrons. The number of hydrogen-bond acceptors (Lipinski definition) is 1. The standard InChI is InChI=1S/C26H46O/c1-7-16-26(6)23-15-17-25(5)21(19(4)10-8-9-18(2)3)12-13-22(25)20(23)11-14-24(26)27/h18-23H,7-17H2,1-6H3/t19-,20+,21-,22+,23+,25-,26-/m1/s1. The fourth-order valence-corrected chi connectivity index (χ4v) is 8.14. The zero-order valence-corrected chi connectivity index (χ0v) is 19.2. The Morgan fingerprint density at radius 1 is 1.00 bits per heavy atom. The third-order valence-corrected chi connectivity index (χ3v) is 9.57. The first kappa shape index (κ1) is 21.4. The van der Waals surface area contributed by atoms with Gasteiger partial charge in [-0.15, -0.1) is 0 Å². The van der Waals surface area contributed by atoms with Gasteiger partial charge in [-0.05, 0) is 79.4 Å². The molecule has 0 aromatic rings. The van der Waals surface area contributed by atoms with Crippen LogP contribution in [0.25, 0.3) is 0 Å². The Kier molecular flexibility index (Phi) is 6.49. The van der Waals surface area contributed by atoms with E-state index in [4.69, 9.17) is 0 Å². The van der Waals surface area contributed by atoms with Crippen molar-refractivity contribution in [1.82, 2.24) is 0 Å². The van der Waals surface area contributed by atoms with Crippen LogP contribution in [0.2, 0.25) is 0 Å². The van der Waals surface area contributed by atoms with Crippen LogP contribution in [0.3, 0.4) is 0 Å². The third kappa shape index (κ3) is 3.78. The molecule has 3 fully saturated rings. The average Bonchev–Trinajstić information content (AvgIpc) is 2.95. The molecule has 156 valence electrons. The van der Waals surface area contributed by atoms with Gasteiger partial charge in [-0.3, -0.25) is 4.79 Å². The predicted octanol–water partition coefficient (Wildman–Crippen LogP) is 7.68. The van der Waals surface area contributed by atoms with Crippen LogP contribution in [0.5, 0.6) is 0 Å². The summed E-state index contributed by atoms with van der Waals surface area (Å²) in [5.74, 6) is 5.62. The molecule has 0 aromatic carbocycles. The van der Waals surface area contributed by atoms with Gasteiger partial charge < -0.3 is 0 Å². The lowest BCUT2D eigenvalue weighted by atomic mass is 9.48. The highest BCUT2D eigenvalue weighted by Crippen LogP contribution is 2.65. The van der Waals surface area contributed by atoms with E-state index in [9.17, 15) is 4.79 Å². The summed E-state index contributed by atoms with van der Waals surface area (Å²) in [5, 5.41) is 0. The molecule has 0 saturated heterocycles. The van der Waals surface area contributed by atoms with Crippen molar-refractivity contribution in [2.24, 2.45) is 46.3 Å². The van der Waals surface area contributed by atoms with Crippen LogP contribution >= 0.6 is 0 Å². The fourth-order valence-electron chi connectivity index (χ4n) is 8.14. The van der Waals surface area contributed by atoms with Crippen LogP contribution < -0.4 is 0 Å². The normalized spacial score (nSPS) is 42.9. The summed E-state index contributed by atoms with van der Waals surface area (Å²) in [4.78, 5) is 12.9. The topological polar surface area (TPSA) is 17.1 Å². The molecule has 3 aliphatic carbocycles. The SMILES string of the molecule is CCC[C@@]1(C)C(=O)CC[C@H]2[C@@H]3CC[C@H]([C@H](C)CCCC(C)C)[C@@]3(C)CC[C@@H]21. The minimum Gasteiger partial charge on any atom is -0.299 e. The van der Waals surface area contributed by atoms with Crippen LogP contribution in [0.15, 0.2) is 0 Å². The number of carbonyl (C=O) groups excluding carboxylic acids is 1. The van der Waals surface area contributed by atoms with Crippen LogP contribution in [0, 0.1) is 46.3 Å². The molecule has 0 heterocycles. The third-order valence-electron chi connectivity index (χ3n) is 9.57. The van der Waals surface area contributed by atoms with Crippen molar-refractivity contribution >= 4 is 5.78 Å². The molecular formula is C26H46O. The Morgan fingerprint density at radius 3 is 2.41 bits per heavy atom. The van der Waals surface area contributed by atoms with Gasteiger partial charge in [0.25, 0.3) is 0 Å². The first-order chi connectivity index (χ1) is 12.7. The van der Waals surface area contributed by atoms with Crippen LogP contribution in [-0.2, 0) is 4.79 Å². The number of Topliss-reactive ketones (excluding diaryl/α,β-unsaturated/α-hetero) is 1. The minimum absolute atomic E-state index is 0.0139. The Morgan fingerprint density at radius 2 is 1.74 bits per heavy atom. The van der Waals surface area contributed by atoms with Gasteiger partial charge in [0.15, 0.2) is 0 Å². The summed E-state index contributed by atoms with van der Waals surface area (Å²) in [5.41, 5.74) is 0.534. The molecule has 1 heteroatoms. The summed E-state index contributed by atoms with van der Waals surface area (Å²) in [6, 6.07) is 0. The van der Waals surface area contributed by atoms with Crippen LogP contribution in [0.4, 0.5) is 0 Å². The molecule has 0 N–H and O–H groups in total. The summed E-state index contributed by atoms with van der Waals surface area (Å²) in [6.45, 7) is 14.5. The molecule has 27 heavy (non-hydrogen) atoms. The van der Waals surface area contributed by atoms with E-state index < -0.39 is 0 Å². The maximum Gasteiger partial charge on any atom is 0.139 e. The molecule has 0 unspecified atom stereocenters. The second kappa shape index (κ2) is 8.19. The van der Waals surface area contributed by atoms with E-state index in [1.54, 1.807) is 0 Å². The number of carbonyl (C=O) groups is 1. The summed E-state index contributed by atoms with van der Waals surface area (Å²) in [7, 11) is 0. The van der Waals surface area contributed by atoms with E-state index in [0.717, 1.165) is 48.9 Å². The lowest BCUT2D eigenvalue weighted by Crippen LogP contribution is -2.52. The maximum absolute atomic E-state index is 12.9.